The molecule has 3 aliphatic heterocycles. The van der Waals surface area contributed by atoms with Crippen molar-refractivity contribution in [1.29, 1.82) is 0 Å². The lowest BCUT2D eigenvalue weighted by Crippen LogP contribution is -2.39. The first-order valence-electron chi connectivity index (χ1n) is 12.8. The van der Waals surface area contributed by atoms with Gasteiger partial charge in [-0.1, -0.05) is 13.8 Å². The number of hydrogen-bond donors (Lipinski definition) is 6. The molecule has 232 valence electrons. The van der Waals surface area contributed by atoms with Crippen LogP contribution in [0.15, 0.2) is 23.4 Å². The predicted octanol–water partition coefficient (Wildman–Crippen LogP) is -0.0166. The minimum absolute atomic E-state index is 0.0285. The quantitative estimate of drug-likeness (QED) is 0.187. The Balaban J connectivity index is 1.24. The fourth-order valence-corrected chi connectivity index (χ4v) is 6.42. The van der Waals surface area contributed by atoms with Crippen molar-refractivity contribution in [3.8, 4) is 0 Å². The lowest BCUT2D eigenvalue weighted by atomic mass is 9.93. The highest BCUT2D eigenvalue weighted by Gasteiger charge is 2.47. The number of ether oxygens (including phenoxy) is 2. The standard InChI is InChI=1S/C21H32N8O11P2/c1-10-11(2)20(29-9-26-17-18(23)24-8-25-19(17)29)39-13(10)6-37-42(34,35)40-12-5-16(28-4-3-15(22)27-21(28)30)38-14(12)7-36-41(31,32)33/h3-4,8,10-14,16,20,26H,5-7,9H2,1-2H3,(H,34,35)(H2,22,27,30)(H2,23,24,25)(H2,31,32,33)/t10-,11+,12-,13+,14+,16+,20+/m0/s1. The number of nitrogens with zero attached hydrogens (tertiary/aromatic N) is 5. The fraction of sp³-hybridized carbons (Fsp3) is 0.619. The number of nitrogen functional groups attached to an aromatic ring is 2. The van der Waals surface area contributed by atoms with Gasteiger partial charge in [0.1, 0.15) is 42.5 Å². The molecule has 8 N–H and O–H groups in total. The molecule has 19 nitrogen and oxygen atoms in total. The van der Waals surface area contributed by atoms with Gasteiger partial charge in [-0.3, -0.25) is 18.1 Å². The second-order valence-electron chi connectivity index (χ2n) is 10.1. The van der Waals surface area contributed by atoms with Crippen molar-refractivity contribution in [3.63, 3.8) is 0 Å². The molecular formula is C21H32N8O11P2. The number of anilines is 4. The van der Waals surface area contributed by atoms with E-state index >= 15 is 0 Å². The summed E-state index contributed by atoms with van der Waals surface area (Å²) < 4.78 is 52.4. The van der Waals surface area contributed by atoms with Gasteiger partial charge in [-0.05, 0) is 12.0 Å². The Bertz CT molecular complexity index is 1460. The topological polar surface area (TPSA) is 269 Å². The molecule has 5 rings (SSSR count). The van der Waals surface area contributed by atoms with Crippen LogP contribution in [0, 0.1) is 11.8 Å². The van der Waals surface area contributed by atoms with E-state index in [2.05, 4.69) is 24.8 Å². The first-order valence-corrected chi connectivity index (χ1v) is 15.9. The Labute approximate surface area is 239 Å². The highest BCUT2D eigenvalue weighted by atomic mass is 31.2. The monoisotopic (exact) mass is 634 g/mol. The Hall–Kier alpha value is -2.70. The molecule has 42 heavy (non-hydrogen) atoms. The molecule has 0 saturated carbocycles. The van der Waals surface area contributed by atoms with Crippen LogP contribution in [0.3, 0.4) is 0 Å². The molecule has 8 atom stereocenters. The molecule has 0 aliphatic carbocycles. The van der Waals surface area contributed by atoms with Gasteiger partial charge in [0.15, 0.2) is 11.6 Å². The SMILES string of the molecule is C[C@@H]1[C@H](C)[C@@H](COP(=O)(O)O[C@H]2C[C@H](n3ccc(N)nc3=O)O[C@@H]2COP(=O)(O)O)O[C@H]1N1CNc2c(N)ncnc21. The molecule has 0 spiro atoms. The van der Waals surface area contributed by atoms with Crippen LogP contribution in [0.1, 0.15) is 26.5 Å². The smallest absolute Gasteiger partial charge is 0.383 e. The molecule has 2 aromatic rings. The number of aromatic nitrogens is 4. The Morgan fingerprint density at radius 1 is 1.10 bits per heavy atom. The van der Waals surface area contributed by atoms with Gasteiger partial charge < -0.3 is 45.8 Å². The molecule has 2 saturated heterocycles. The van der Waals surface area contributed by atoms with Crippen LogP contribution >= 0.6 is 15.6 Å². The molecular weight excluding hydrogens is 602 g/mol. The molecule has 0 radical (unpaired) electrons. The molecule has 0 bridgehead atoms. The maximum absolute atomic E-state index is 13.0. The molecule has 0 amide bonds. The Kier molecular flexibility index (Phi) is 8.61. The van der Waals surface area contributed by atoms with Crippen molar-refractivity contribution in [2.24, 2.45) is 11.8 Å². The number of nitrogens with two attached hydrogens (primary N) is 2. The largest absolute Gasteiger partial charge is 0.472 e. The van der Waals surface area contributed by atoms with Crippen LogP contribution in [-0.2, 0) is 32.2 Å². The van der Waals surface area contributed by atoms with Crippen LogP contribution < -0.4 is 27.4 Å². The lowest BCUT2D eigenvalue weighted by molar-refractivity contribution is -0.0482. The summed E-state index contributed by atoms with van der Waals surface area (Å²) in [6, 6.07) is 1.34. The van der Waals surface area contributed by atoms with Crippen LogP contribution in [0.2, 0.25) is 0 Å². The van der Waals surface area contributed by atoms with E-state index in [1.165, 1.54) is 18.6 Å². The minimum Gasteiger partial charge on any atom is -0.383 e. The van der Waals surface area contributed by atoms with Crippen molar-refractivity contribution < 1.29 is 46.9 Å². The molecule has 21 heteroatoms. The number of hydrogen-bond acceptors (Lipinski definition) is 15. The average Bonchev–Trinajstić information content (AvgIpc) is 3.58. The fourth-order valence-electron chi connectivity index (χ4n) is 5.12. The zero-order chi connectivity index (χ0) is 30.4. The van der Waals surface area contributed by atoms with E-state index in [0.717, 1.165) is 4.57 Å². The maximum atomic E-state index is 13.0. The third kappa shape index (κ3) is 6.60. The summed E-state index contributed by atoms with van der Waals surface area (Å²) in [5.74, 6) is 0.719. The number of rotatable bonds is 10. The van der Waals surface area contributed by atoms with Crippen LogP contribution in [0.4, 0.5) is 23.1 Å². The first kappa shape index (κ1) is 30.7. The Morgan fingerprint density at radius 2 is 1.83 bits per heavy atom. The molecule has 2 fully saturated rings. The van der Waals surface area contributed by atoms with Gasteiger partial charge in [0, 0.05) is 18.5 Å². The summed E-state index contributed by atoms with van der Waals surface area (Å²) in [5, 5.41) is 3.15. The lowest BCUT2D eigenvalue weighted by Gasteiger charge is -2.28. The van der Waals surface area contributed by atoms with Gasteiger partial charge in [0.2, 0.25) is 0 Å². The summed E-state index contributed by atoms with van der Waals surface area (Å²) in [4.78, 5) is 54.9. The molecule has 5 heterocycles. The number of phosphoric acid groups is 2. The van der Waals surface area contributed by atoms with E-state index in [1.807, 2.05) is 18.7 Å². The van der Waals surface area contributed by atoms with E-state index in [1.54, 1.807) is 0 Å². The van der Waals surface area contributed by atoms with Gasteiger partial charge >= 0.3 is 21.3 Å². The highest BCUT2D eigenvalue weighted by Crippen LogP contribution is 2.50. The first-order chi connectivity index (χ1) is 19.7. The van der Waals surface area contributed by atoms with E-state index in [0.29, 0.717) is 24.0 Å². The van der Waals surface area contributed by atoms with Crippen molar-refractivity contribution in [1.82, 2.24) is 19.5 Å². The van der Waals surface area contributed by atoms with E-state index in [-0.39, 0.29) is 30.7 Å². The third-order valence-corrected chi connectivity index (χ3v) is 8.96. The van der Waals surface area contributed by atoms with Gasteiger partial charge in [-0.25, -0.2) is 23.9 Å². The number of phosphoric ester groups is 2. The van der Waals surface area contributed by atoms with Gasteiger partial charge in [0.05, 0.1) is 26.0 Å². The second kappa shape index (κ2) is 11.8. The molecule has 3 aliphatic rings. The van der Waals surface area contributed by atoms with E-state index in [4.69, 9.17) is 39.8 Å². The van der Waals surface area contributed by atoms with Crippen molar-refractivity contribution in [2.45, 2.75) is 51.0 Å². The summed E-state index contributed by atoms with van der Waals surface area (Å²) in [6.07, 6.45) is -2.12. The van der Waals surface area contributed by atoms with Crippen molar-refractivity contribution in [3.05, 3.63) is 29.1 Å². The highest BCUT2D eigenvalue weighted by molar-refractivity contribution is 7.47. The summed E-state index contributed by atoms with van der Waals surface area (Å²) in [5.41, 5.74) is 11.3. The van der Waals surface area contributed by atoms with E-state index < -0.39 is 58.7 Å². The minimum atomic E-state index is -4.92. The molecule has 0 aromatic carbocycles. The number of fused-ring (bicyclic) bond motifs is 1. The number of nitrogens with one attached hydrogen (secondary N) is 1. The van der Waals surface area contributed by atoms with Crippen molar-refractivity contribution in [2.75, 3.05) is 41.6 Å². The maximum Gasteiger partial charge on any atom is 0.472 e. The van der Waals surface area contributed by atoms with Gasteiger partial charge in [0.25, 0.3) is 0 Å². The third-order valence-electron chi connectivity index (χ3n) is 7.46. The van der Waals surface area contributed by atoms with Gasteiger partial charge in [-0.15, -0.1) is 0 Å². The van der Waals surface area contributed by atoms with Gasteiger partial charge in [-0.2, -0.15) is 4.98 Å². The summed E-state index contributed by atoms with van der Waals surface area (Å²) >= 11 is 0. The molecule has 1 unspecified atom stereocenters. The summed E-state index contributed by atoms with van der Waals surface area (Å²) in [6.45, 7) is 3.26. The Morgan fingerprint density at radius 3 is 2.55 bits per heavy atom. The second-order valence-corrected chi connectivity index (χ2v) is 12.8. The van der Waals surface area contributed by atoms with E-state index in [9.17, 15) is 18.8 Å². The normalized spacial score (nSPS) is 30.7. The van der Waals surface area contributed by atoms with Crippen LogP contribution in [0.5, 0.6) is 0 Å². The zero-order valence-electron chi connectivity index (χ0n) is 22.5. The molecule has 2 aromatic heterocycles. The predicted molar refractivity (Wildman–Crippen MR) is 144 cm³/mol. The summed E-state index contributed by atoms with van der Waals surface area (Å²) in [7, 11) is -9.70. The van der Waals surface area contributed by atoms with Crippen LogP contribution in [0.25, 0.3) is 0 Å². The van der Waals surface area contributed by atoms with Crippen LogP contribution in [-0.4, -0.2) is 78.6 Å². The average molecular weight is 634 g/mol. The zero-order valence-corrected chi connectivity index (χ0v) is 24.3. The van der Waals surface area contributed by atoms with Crippen molar-refractivity contribution >= 4 is 38.8 Å².